The van der Waals surface area contributed by atoms with Crippen molar-refractivity contribution in [3.63, 3.8) is 0 Å². The number of esters is 1. The van der Waals surface area contributed by atoms with Gasteiger partial charge < -0.3 is 30.3 Å². The van der Waals surface area contributed by atoms with E-state index in [2.05, 4.69) is 4.99 Å². The topological polar surface area (TPSA) is 135 Å². The quantitative estimate of drug-likeness (QED) is 0.311. The lowest BCUT2D eigenvalue weighted by atomic mass is 9.99. The number of cyclic esters (lactones) is 1. The van der Waals surface area contributed by atoms with Crippen molar-refractivity contribution in [1.82, 2.24) is 4.90 Å². The molecule has 1 fully saturated rings. The molecule has 1 unspecified atom stereocenters. The fourth-order valence-electron chi connectivity index (χ4n) is 4.30. The number of aromatic hydroxyl groups is 2. The molecule has 1 aromatic carbocycles. The first-order valence-corrected chi connectivity index (χ1v) is 12.6. The molecule has 3 rings (SSSR count). The fourth-order valence-corrected chi connectivity index (χ4v) is 4.30. The number of phenolic OH excluding ortho intramolecular Hbond substituents is 2. The van der Waals surface area contributed by atoms with Crippen LogP contribution in [0, 0.1) is 0 Å². The third-order valence-corrected chi connectivity index (χ3v) is 6.19. The van der Waals surface area contributed by atoms with Gasteiger partial charge in [-0.1, -0.05) is 18.2 Å². The summed E-state index contributed by atoms with van der Waals surface area (Å²) in [6, 6.07) is 2.53. The van der Waals surface area contributed by atoms with Gasteiger partial charge in [0.15, 0.2) is 0 Å². The van der Waals surface area contributed by atoms with Crippen molar-refractivity contribution in [2.45, 2.75) is 57.5 Å². The Bertz CT molecular complexity index is 982. The van der Waals surface area contributed by atoms with Crippen LogP contribution in [0.4, 0.5) is 0 Å². The van der Waals surface area contributed by atoms with Crippen LogP contribution >= 0.6 is 0 Å². The molecule has 0 aromatic heterocycles. The van der Waals surface area contributed by atoms with Crippen LogP contribution in [0.2, 0.25) is 0 Å². The molecule has 1 amide bonds. The van der Waals surface area contributed by atoms with Gasteiger partial charge in [0.2, 0.25) is 5.91 Å². The molecular weight excluding hydrogens is 462 g/mol. The van der Waals surface area contributed by atoms with Gasteiger partial charge in [-0.3, -0.25) is 9.79 Å². The Labute approximate surface area is 212 Å². The predicted octanol–water partition coefficient (Wildman–Crippen LogP) is 3.24. The van der Waals surface area contributed by atoms with Gasteiger partial charge in [0.25, 0.3) is 0 Å². The van der Waals surface area contributed by atoms with Gasteiger partial charge >= 0.3 is 5.97 Å². The average Bonchev–Trinajstić information content (AvgIpc) is 2.85. The molecular formula is C27H37N3O6. The van der Waals surface area contributed by atoms with E-state index in [9.17, 15) is 19.8 Å². The van der Waals surface area contributed by atoms with Gasteiger partial charge in [-0.2, -0.15) is 0 Å². The molecule has 0 bridgehead atoms. The van der Waals surface area contributed by atoms with Crippen molar-refractivity contribution in [3.05, 3.63) is 47.6 Å². The van der Waals surface area contributed by atoms with Crippen molar-refractivity contribution < 1.29 is 29.3 Å². The van der Waals surface area contributed by atoms with Crippen LogP contribution in [-0.2, 0) is 20.7 Å². The van der Waals surface area contributed by atoms with E-state index in [1.54, 1.807) is 0 Å². The molecule has 0 aliphatic carbocycles. The number of likely N-dealkylation sites (tertiary alicyclic amines) is 1. The molecule has 1 aromatic rings. The van der Waals surface area contributed by atoms with Crippen molar-refractivity contribution in [3.8, 4) is 11.5 Å². The number of phenols is 2. The number of nitrogens with two attached hydrogens (primary N) is 1. The molecule has 0 radical (unpaired) electrons. The zero-order chi connectivity index (χ0) is 25.8. The number of ether oxygens (including phenoxy) is 2. The predicted molar refractivity (Wildman–Crippen MR) is 137 cm³/mol. The van der Waals surface area contributed by atoms with E-state index in [1.807, 2.05) is 29.2 Å². The monoisotopic (exact) mass is 499 g/mol. The van der Waals surface area contributed by atoms with E-state index in [-0.39, 0.29) is 42.7 Å². The minimum Gasteiger partial charge on any atom is -0.508 e. The zero-order valence-electron chi connectivity index (χ0n) is 20.7. The number of hydrogen-bond acceptors (Lipinski definition) is 8. The number of amides is 1. The third kappa shape index (κ3) is 8.49. The van der Waals surface area contributed by atoms with Gasteiger partial charge in [-0.25, -0.2) is 4.79 Å². The van der Waals surface area contributed by atoms with E-state index >= 15 is 0 Å². The lowest BCUT2D eigenvalue weighted by Gasteiger charge is -2.26. The van der Waals surface area contributed by atoms with Gasteiger partial charge in [0.1, 0.15) is 36.5 Å². The Hall–Kier alpha value is -3.17. The Morgan fingerprint density at radius 1 is 1.14 bits per heavy atom. The summed E-state index contributed by atoms with van der Waals surface area (Å²) in [4.78, 5) is 31.7. The molecule has 196 valence electrons. The molecule has 2 aliphatic heterocycles. The maximum atomic E-state index is 13.0. The summed E-state index contributed by atoms with van der Waals surface area (Å²) in [6.45, 7) is 1.82. The van der Waals surface area contributed by atoms with Crippen LogP contribution in [0.25, 0.3) is 0 Å². The number of rotatable bonds is 6. The SMILES string of the molecule is NCCC1C/C=C/CC/C=C/C(=NCOCC(=O)N2CCCCC2)Cc2cc(O)cc(O)c2C(=O)O1. The first kappa shape index (κ1) is 27.4. The Morgan fingerprint density at radius 3 is 2.69 bits per heavy atom. The van der Waals surface area contributed by atoms with Crippen LogP contribution in [0.3, 0.4) is 0 Å². The van der Waals surface area contributed by atoms with Crippen LogP contribution in [-0.4, -0.2) is 71.8 Å². The maximum Gasteiger partial charge on any atom is 0.342 e. The maximum absolute atomic E-state index is 13.0. The number of carbonyl (C=O) groups is 2. The second kappa shape index (κ2) is 14.4. The molecule has 9 heteroatoms. The van der Waals surface area contributed by atoms with E-state index in [1.165, 1.54) is 6.07 Å². The number of hydrogen-bond donors (Lipinski definition) is 3. The van der Waals surface area contributed by atoms with Crippen LogP contribution in [0.5, 0.6) is 11.5 Å². The van der Waals surface area contributed by atoms with Crippen LogP contribution in [0.1, 0.15) is 60.9 Å². The Morgan fingerprint density at radius 2 is 1.92 bits per heavy atom. The molecule has 2 aliphatic rings. The van der Waals surface area contributed by atoms with E-state index in [0.717, 1.165) is 51.3 Å². The standard InChI is InChI=1S/C27H37N3O6/c28-12-11-23-10-6-3-1-2-5-9-21(29-19-35-18-25(33)30-13-7-4-8-14-30)15-20-16-22(31)17-24(32)26(20)27(34)36-23/h3,5-6,9,16-17,23,31-32H,1-2,4,7-8,10-15,18-19,28H2/b6-3+,9-5+,29-21?. The van der Waals surface area contributed by atoms with E-state index in [4.69, 9.17) is 15.2 Å². The van der Waals surface area contributed by atoms with Crippen LogP contribution < -0.4 is 5.73 Å². The van der Waals surface area contributed by atoms with Crippen molar-refractivity contribution in [2.75, 3.05) is 33.0 Å². The summed E-state index contributed by atoms with van der Waals surface area (Å²) in [5, 5.41) is 20.6. The summed E-state index contributed by atoms with van der Waals surface area (Å²) in [7, 11) is 0. The summed E-state index contributed by atoms with van der Waals surface area (Å²) in [5.74, 6) is -1.26. The number of nitrogens with zero attached hydrogens (tertiary/aromatic N) is 2. The van der Waals surface area contributed by atoms with Gasteiger partial charge in [0, 0.05) is 37.7 Å². The number of benzene rings is 1. The molecule has 1 atom stereocenters. The number of fused-ring (bicyclic) bond motifs is 1. The minimum atomic E-state index is -0.682. The molecule has 1 saturated heterocycles. The third-order valence-electron chi connectivity index (χ3n) is 6.19. The molecule has 2 heterocycles. The number of aliphatic imine (C=N–C) groups is 1. The number of piperidine rings is 1. The first-order chi connectivity index (χ1) is 17.5. The Balaban J connectivity index is 1.78. The van der Waals surface area contributed by atoms with Crippen molar-refractivity contribution in [2.24, 2.45) is 10.7 Å². The highest BCUT2D eigenvalue weighted by Crippen LogP contribution is 2.29. The minimum absolute atomic E-state index is 0.0156. The molecule has 4 N–H and O–H groups in total. The van der Waals surface area contributed by atoms with Crippen molar-refractivity contribution >= 4 is 17.6 Å². The van der Waals surface area contributed by atoms with Gasteiger partial charge in [0.05, 0.1) is 0 Å². The van der Waals surface area contributed by atoms with Crippen molar-refractivity contribution in [1.29, 1.82) is 0 Å². The largest absolute Gasteiger partial charge is 0.508 e. The Kier molecular flexibility index (Phi) is 11.0. The fraction of sp³-hybridized carbons (Fsp3) is 0.519. The smallest absolute Gasteiger partial charge is 0.342 e. The highest BCUT2D eigenvalue weighted by Gasteiger charge is 2.23. The number of allylic oxidation sites excluding steroid dienone is 3. The summed E-state index contributed by atoms with van der Waals surface area (Å²) in [6.07, 6.45) is 13.3. The summed E-state index contributed by atoms with van der Waals surface area (Å²) < 4.78 is 11.2. The molecule has 0 spiro atoms. The lowest BCUT2D eigenvalue weighted by Crippen LogP contribution is -2.38. The van der Waals surface area contributed by atoms with Crippen LogP contribution in [0.15, 0.2) is 41.4 Å². The number of carbonyl (C=O) groups excluding carboxylic acids is 2. The summed E-state index contributed by atoms with van der Waals surface area (Å²) in [5.41, 5.74) is 6.64. The highest BCUT2D eigenvalue weighted by atomic mass is 16.5. The second-order valence-corrected chi connectivity index (χ2v) is 9.04. The zero-order valence-corrected chi connectivity index (χ0v) is 20.7. The highest BCUT2D eigenvalue weighted by molar-refractivity contribution is 6.00. The second-order valence-electron chi connectivity index (χ2n) is 9.04. The summed E-state index contributed by atoms with van der Waals surface area (Å²) >= 11 is 0. The normalized spacial score (nSPS) is 22.4. The molecule has 0 saturated carbocycles. The van der Waals surface area contributed by atoms with E-state index in [0.29, 0.717) is 30.7 Å². The molecule has 9 nitrogen and oxygen atoms in total. The average molecular weight is 500 g/mol. The van der Waals surface area contributed by atoms with E-state index < -0.39 is 12.1 Å². The lowest BCUT2D eigenvalue weighted by molar-refractivity contribution is -0.136. The first-order valence-electron chi connectivity index (χ1n) is 12.6. The van der Waals surface area contributed by atoms with Gasteiger partial charge in [-0.15, -0.1) is 0 Å². The molecule has 36 heavy (non-hydrogen) atoms. The van der Waals surface area contributed by atoms with Gasteiger partial charge in [-0.05, 0) is 62.8 Å².